The topological polar surface area (TPSA) is 21.1 Å². The van der Waals surface area contributed by atoms with E-state index in [-0.39, 0.29) is 5.02 Å². The fourth-order valence-corrected chi connectivity index (χ4v) is 2.62. The second-order valence-electron chi connectivity index (χ2n) is 5.50. The van der Waals surface area contributed by atoms with Crippen molar-refractivity contribution in [2.45, 2.75) is 38.7 Å². The molecule has 2 rings (SSSR count). The van der Waals surface area contributed by atoms with Gasteiger partial charge in [0, 0.05) is 18.7 Å². The largest absolute Gasteiger partial charge is 0.327 e. The highest BCUT2D eigenvalue weighted by molar-refractivity contribution is 6.31. The van der Waals surface area contributed by atoms with E-state index in [0.717, 1.165) is 30.9 Å². The van der Waals surface area contributed by atoms with E-state index >= 15 is 0 Å². The highest BCUT2D eigenvalue weighted by atomic mass is 35.5. The second-order valence-corrected chi connectivity index (χ2v) is 6.17. The van der Waals surface area contributed by atoms with Gasteiger partial charge in [-0.15, -0.1) is 11.6 Å². The molecule has 0 amide bonds. The van der Waals surface area contributed by atoms with Crippen molar-refractivity contribution in [3.63, 3.8) is 0 Å². The van der Waals surface area contributed by atoms with Crippen LogP contribution in [0.25, 0.3) is 11.0 Å². The van der Waals surface area contributed by atoms with Crippen LogP contribution < -0.4 is 0 Å². The maximum absolute atomic E-state index is 13.5. The number of hydrogen-bond donors (Lipinski definition) is 0. The van der Waals surface area contributed by atoms with Gasteiger partial charge in [0.1, 0.15) is 11.6 Å². The lowest BCUT2D eigenvalue weighted by Crippen LogP contribution is -2.28. The van der Waals surface area contributed by atoms with E-state index < -0.39 is 5.82 Å². The molecule has 0 saturated heterocycles. The molecule has 0 fully saturated rings. The van der Waals surface area contributed by atoms with Crippen LogP contribution in [-0.2, 0) is 12.4 Å². The van der Waals surface area contributed by atoms with Gasteiger partial charge in [-0.1, -0.05) is 11.6 Å². The number of halogens is 3. The number of nitrogens with zero attached hydrogens (tertiary/aromatic N) is 3. The van der Waals surface area contributed by atoms with Crippen LogP contribution in [0.5, 0.6) is 0 Å². The first-order chi connectivity index (χ1) is 9.93. The summed E-state index contributed by atoms with van der Waals surface area (Å²) in [5, 5.41) is 0.115. The van der Waals surface area contributed by atoms with Crippen molar-refractivity contribution in [2.24, 2.45) is 0 Å². The molecule has 0 radical (unpaired) electrons. The van der Waals surface area contributed by atoms with Gasteiger partial charge < -0.3 is 9.47 Å². The standard InChI is InChI=1S/C15H20Cl2FN3/c1-10(2)20(3)5-4-6-21-14-7-11(17)12(18)8-13(14)19-15(21)9-16/h7-8,10H,4-6,9H2,1-3H3. The molecule has 0 saturated carbocycles. The maximum atomic E-state index is 13.5. The Labute approximate surface area is 134 Å². The Morgan fingerprint density at radius 2 is 2.10 bits per heavy atom. The van der Waals surface area contributed by atoms with Crippen LogP contribution in [-0.4, -0.2) is 34.1 Å². The van der Waals surface area contributed by atoms with Gasteiger partial charge in [0.2, 0.25) is 0 Å². The Kier molecular flexibility index (Phi) is 5.47. The minimum atomic E-state index is -0.450. The Bertz CT molecular complexity index is 625. The van der Waals surface area contributed by atoms with E-state index in [1.807, 2.05) is 4.57 Å². The molecule has 0 atom stereocenters. The summed E-state index contributed by atoms with van der Waals surface area (Å²) in [5.41, 5.74) is 1.44. The number of rotatable bonds is 6. The van der Waals surface area contributed by atoms with Gasteiger partial charge >= 0.3 is 0 Å². The van der Waals surface area contributed by atoms with Crippen LogP contribution in [0.15, 0.2) is 12.1 Å². The smallest absolute Gasteiger partial charge is 0.144 e. The fraction of sp³-hybridized carbons (Fsp3) is 0.533. The van der Waals surface area contributed by atoms with Crippen molar-refractivity contribution in [2.75, 3.05) is 13.6 Å². The summed E-state index contributed by atoms with van der Waals surface area (Å²) in [6.45, 7) is 6.10. The summed E-state index contributed by atoms with van der Waals surface area (Å²) in [6.07, 6.45) is 0.971. The molecule has 0 aliphatic rings. The zero-order chi connectivity index (χ0) is 15.6. The molecule has 3 nitrogen and oxygen atoms in total. The predicted octanol–water partition coefficient (Wildman–Crippen LogP) is 4.30. The maximum Gasteiger partial charge on any atom is 0.144 e. The predicted molar refractivity (Wildman–Crippen MR) is 86.6 cm³/mol. The number of benzene rings is 1. The van der Waals surface area contributed by atoms with E-state index in [4.69, 9.17) is 23.2 Å². The van der Waals surface area contributed by atoms with Crippen molar-refractivity contribution in [3.05, 3.63) is 28.8 Å². The van der Waals surface area contributed by atoms with Crippen molar-refractivity contribution >= 4 is 34.2 Å². The fourth-order valence-electron chi connectivity index (χ4n) is 2.26. The van der Waals surface area contributed by atoms with Crippen LogP contribution in [0.4, 0.5) is 4.39 Å². The molecule has 2 aromatic rings. The minimum Gasteiger partial charge on any atom is -0.327 e. The van der Waals surface area contributed by atoms with E-state index in [1.165, 1.54) is 6.07 Å². The van der Waals surface area contributed by atoms with Crippen LogP contribution in [0, 0.1) is 5.82 Å². The summed E-state index contributed by atoms with van der Waals surface area (Å²) in [4.78, 5) is 6.67. The third kappa shape index (κ3) is 3.68. The van der Waals surface area contributed by atoms with E-state index in [2.05, 4.69) is 30.8 Å². The highest BCUT2D eigenvalue weighted by Crippen LogP contribution is 2.24. The van der Waals surface area contributed by atoms with Crippen molar-refractivity contribution < 1.29 is 4.39 Å². The molecule has 0 bridgehead atoms. The molecular weight excluding hydrogens is 312 g/mol. The molecule has 0 unspecified atom stereocenters. The number of fused-ring (bicyclic) bond motifs is 1. The Balaban J connectivity index is 2.23. The van der Waals surface area contributed by atoms with Crippen LogP contribution in [0.3, 0.4) is 0 Å². The van der Waals surface area contributed by atoms with Crippen molar-refractivity contribution in [3.8, 4) is 0 Å². The molecule has 0 N–H and O–H groups in total. The summed E-state index contributed by atoms with van der Waals surface area (Å²) in [7, 11) is 2.10. The quantitative estimate of drug-likeness (QED) is 0.736. The molecule has 1 heterocycles. The number of hydrogen-bond acceptors (Lipinski definition) is 2. The van der Waals surface area contributed by atoms with Crippen LogP contribution >= 0.6 is 23.2 Å². The Morgan fingerprint density at radius 3 is 2.71 bits per heavy atom. The van der Waals surface area contributed by atoms with Gasteiger partial charge in [0.05, 0.1) is 21.9 Å². The molecule has 1 aromatic carbocycles. The zero-order valence-electron chi connectivity index (χ0n) is 12.5. The number of aromatic nitrogens is 2. The van der Waals surface area contributed by atoms with Gasteiger partial charge in [-0.2, -0.15) is 0 Å². The minimum absolute atomic E-state index is 0.115. The van der Waals surface area contributed by atoms with Gasteiger partial charge in [-0.3, -0.25) is 0 Å². The molecule has 21 heavy (non-hydrogen) atoms. The average molecular weight is 332 g/mol. The lowest BCUT2D eigenvalue weighted by molar-refractivity contribution is 0.265. The molecule has 6 heteroatoms. The van der Waals surface area contributed by atoms with Gasteiger partial charge in [0.15, 0.2) is 0 Å². The molecule has 0 aliphatic carbocycles. The number of aryl methyl sites for hydroxylation is 1. The first-order valence-corrected chi connectivity index (χ1v) is 7.95. The Morgan fingerprint density at radius 1 is 1.38 bits per heavy atom. The molecule has 0 aliphatic heterocycles. The van der Waals surface area contributed by atoms with Gasteiger partial charge in [-0.25, -0.2) is 9.37 Å². The average Bonchev–Trinajstić information content (AvgIpc) is 2.76. The van der Waals surface area contributed by atoms with E-state index in [0.29, 0.717) is 17.4 Å². The number of imidazole rings is 1. The summed E-state index contributed by atoms with van der Waals surface area (Å²) in [6, 6.07) is 3.51. The summed E-state index contributed by atoms with van der Waals surface area (Å²) in [5.74, 6) is 0.600. The Hall–Kier alpha value is -0.840. The van der Waals surface area contributed by atoms with Crippen molar-refractivity contribution in [1.29, 1.82) is 0 Å². The van der Waals surface area contributed by atoms with Gasteiger partial charge in [0.25, 0.3) is 0 Å². The first kappa shape index (κ1) is 16.5. The molecule has 1 aromatic heterocycles. The normalized spacial score (nSPS) is 12.0. The molecule has 116 valence electrons. The first-order valence-electron chi connectivity index (χ1n) is 7.04. The lowest BCUT2D eigenvalue weighted by Gasteiger charge is -2.21. The van der Waals surface area contributed by atoms with Crippen molar-refractivity contribution in [1.82, 2.24) is 14.5 Å². The SMILES string of the molecule is CC(C)N(C)CCCn1c(CCl)nc2cc(F)c(Cl)cc21. The summed E-state index contributed by atoms with van der Waals surface area (Å²) >= 11 is 11.8. The molecular formula is C15H20Cl2FN3. The second kappa shape index (κ2) is 6.95. The number of alkyl halides is 1. The van der Waals surface area contributed by atoms with Crippen LogP contribution in [0.1, 0.15) is 26.1 Å². The highest BCUT2D eigenvalue weighted by Gasteiger charge is 2.13. The van der Waals surface area contributed by atoms with E-state index in [9.17, 15) is 4.39 Å². The third-order valence-electron chi connectivity index (χ3n) is 3.76. The third-order valence-corrected chi connectivity index (χ3v) is 4.29. The van der Waals surface area contributed by atoms with Gasteiger partial charge in [-0.05, 0) is 39.9 Å². The monoisotopic (exact) mass is 331 g/mol. The zero-order valence-corrected chi connectivity index (χ0v) is 14.0. The summed E-state index contributed by atoms with van der Waals surface area (Å²) < 4.78 is 15.5. The lowest BCUT2D eigenvalue weighted by atomic mass is 10.3. The van der Waals surface area contributed by atoms with E-state index in [1.54, 1.807) is 6.07 Å². The molecule has 0 spiro atoms. The van der Waals surface area contributed by atoms with Crippen LogP contribution in [0.2, 0.25) is 5.02 Å².